The minimum atomic E-state index is -4.02. The van der Waals surface area contributed by atoms with Crippen LogP contribution >= 0.6 is 7.82 Å². The first-order valence-corrected chi connectivity index (χ1v) is 6.84. The molecule has 0 atom stereocenters. The van der Waals surface area contributed by atoms with E-state index in [2.05, 4.69) is 15.0 Å². The van der Waals surface area contributed by atoms with Crippen molar-refractivity contribution in [3.63, 3.8) is 0 Å². The normalized spacial score (nSPS) is 11.2. The van der Waals surface area contributed by atoms with Crippen LogP contribution in [0, 0.1) is 0 Å². The van der Waals surface area contributed by atoms with E-state index in [-0.39, 0.29) is 0 Å². The number of nitrogens with zero attached hydrogens (tertiary/aromatic N) is 6. The summed E-state index contributed by atoms with van der Waals surface area (Å²) in [5.74, 6) is 0. The summed E-state index contributed by atoms with van der Waals surface area (Å²) in [5.41, 5.74) is 0. The fraction of sp³-hybridized carbons (Fsp3) is 0. The molecule has 10 nitrogen and oxygen atoms in total. The van der Waals surface area contributed by atoms with Gasteiger partial charge in [-0.25, -0.2) is 15.0 Å². The minimum absolute atomic E-state index is 1.11. The van der Waals surface area contributed by atoms with Crippen LogP contribution in [0.5, 0.6) is 0 Å². The molecule has 11 heteroatoms. The van der Waals surface area contributed by atoms with Gasteiger partial charge in [-0.15, -0.1) is 0 Å². The average molecular weight is 296 g/mol. The highest BCUT2D eigenvalue weighted by molar-refractivity contribution is 7.49. The van der Waals surface area contributed by atoms with E-state index in [1.165, 1.54) is 56.2 Å². The molecule has 3 aromatic rings. The Bertz CT molecular complexity index is 585. The van der Waals surface area contributed by atoms with Gasteiger partial charge in [0.25, 0.3) is 0 Å². The Morgan fingerprint density at radius 1 is 0.700 bits per heavy atom. The number of rotatable bonds is 6. The Balaban J connectivity index is 1.83. The van der Waals surface area contributed by atoms with Crippen molar-refractivity contribution in [2.75, 3.05) is 0 Å². The molecule has 104 valence electrons. The number of phosphoric acid groups is 1. The molecule has 0 unspecified atom stereocenters. The molecule has 0 spiro atoms. The fourth-order valence-corrected chi connectivity index (χ4v) is 2.35. The Morgan fingerprint density at radius 2 is 1.05 bits per heavy atom. The quantitative estimate of drug-likeness (QED) is 0.593. The predicted octanol–water partition coefficient (Wildman–Crippen LogP) is 0.0704. The first-order valence-electron chi connectivity index (χ1n) is 5.38. The highest BCUT2D eigenvalue weighted by atomic mass is 31.2. The third kappa shape index (κ3) is 2.81. The molecule has 0 amide bonds. The first kappa shape index (κ1) is 12.3. The molecule has 0 aliphatic rings. The van der Waals surface area contributed by atoms with E-state index in [9.17, 15) is 4.57 Å². The van der Waals surface area contributed by atoms with Gasteiger partial charge in [-0.2, -0.15) is 18.8 Å². The second kappa shape index (κ2) is 5.10. The molecule has 0 radical (unpaired) electrons. The van der Waals surface area contributed by atoms with Crippen LogP contribution in [0.15, 0.2) is 56.2 Å². The lowest BCUT2D eigenvalue weighted by Gasteiger charge is -2.17. The van der Waals surface area contributed by atoms with Crippen LogP contribution in [0.1, 0.15) is 0 Å². The standard InChI is InChI=1S/C9H9N6O4P/c16-20(17-13-4-1-10-7-13,18-14-5-2-11-8-14)19-15-6-3-12-9-15/h1-9H. The van der Waals surface area contributed by atoms with Gasteiger partial charge in [-0.05, 0) is 0 Å². The molecule has 0 saturated heterocycles. The fourth-order valence-electron chi connectivity index (χ4n) is 1.28. The number of hydrogen-bond donors (Lipinski definition) is 0. The highest BCUT2D eigenvalue weighted by Gasteiger charge is 2.35. The molecule has 0 aliphatic heterocycles. The van der Waals surface area contributed by atoms with Crippen molar-refractivity contribution in [2.24, 2.45) is 0 Å². The van der Waals surface area contributed by atoms with Crippen LogP contribution in [0.25, 0.3) is 0 Å². The van der Waals surface area contributed by atoms with Gasteiger partial charge >= 0.3 is 7.82 Å². The van der Waals surface area contributed by atoms with Crippen LogP contribution in [0.4, 0.5) is 0 Å². The zero-order valence-electron chi connectivity index (χ0n) is 9.96. The number of aromatic nitrogens is 6. The van der Waals surface area contributed by atoms with Crippen LogP contribution < -0.4 is 13.9 Å². The van der Waals surface area contributed by atoms with Crippen LogP contribution in [-0.2, 0) is 4.57 Å². The van der Waals surface area contributed by atoms with E-state index in [0.29, 0.717) is 0 Å². The van der Waals surface area contributed by atoms with Crippen molar-refractivity contribution in [3.8, 4) is 0 Å². The van der Waals surface area contributed by atoms with Crippen molar-refractivity contribution in [1.29, 1.82) is 0 Å². The maximum Gasteiger partial charge on any atom is 0.705 e. The highest BCUT2D eigenvalue weighted by Crippen LogP contribution is 2.38. The van der Waals surface area contributed by atoms with Crippen LogP contribution in [0.2, 0.25) is 0 Å². The molecular formula is C9H9N6O4P. The molecule has 20 heavy (non-hydrogen) atoms. The second-order valence-corrected chi connectivity index (χ2v) is 4.84. The van der Waals surface area contributed by atoms with E-state index in [1.807, 2.05) is 0 Å². The van der Waals surface area contributed by atoms with Gasteiger partial charge in [-0.1, -0.05) is 0 Å². The molecule has 3 rings (SSSR count). The lowest BCUT2D eigenvalue weighted by Crippen LogP contribution is -2.24. The summed E-state index contributed by atoms with van der Waals surface area (Å²) in [5, 5.41) is 0. The van der Waals surface area contributed by atoms with Crippen molar-refractivity contribution in [3.05, 3.63) is 56.2 Å². The van der Waals surface area contributed by atoms with Crippen molar-refractivity contribution in [2.45, 2.75) is 0 Å². The summed E-state index contributed by atoms with van der Waals surface area (Å²) in [6.45, 7) is 0. The van der Waals surface area contributed by atoms with Crippen molar-refractivity contribution < 1.29 is 18.4 Å². The average Bonchev–Trinajstić information content (AvgIpc) is 3.11. The maximum atomic E-state index is 12.6. The van der Waals surface area contributed by atoms with Crippen molar-refractivity contribution in [1.82, 2.24) is 29.1 Å². The summed E-state index contributed by atoms with van der Waals surface area (Å²) in [4.78, 5) is 11.3. The molecule has 0 saturated carbocycles. The van der Waals surface area contributed by atoms with Gasteiger partial charge in [0.1, 0.15) is 19.0 Å². The molecular weight excluding hydrogens is 287 g/mol. The molecule has 0 bridgehead atoms. The Labute approximate surface area is 112 Å². The van der Waals surface area contributed by atoms with E-state index in [0.717, 1.165) is 14.2 Å². The molecule has 0 aliphatic carbocycles. The number of hydrogen-bond acceptors (Lipinski definition) is 7. The zero-order chi connectivity index (χ0) is 13.8. The molecule has 0 N–H and O–H groups in total. The van der Waals surface area contributed by atoms with E-state index >= 15 is 0 Å². The monoisotopic (exact) mass is 296 g/mol. The third-order valence-corrected chi connectivity index (χ3v) is 3.19. The van der Waals surface area contributed by atoms with Crippen LogP contribution in [-0.4, -0.2) is 29.1 Å². The largest absolute Gasteiger partial charge is 0.705 e. The topological polar surface area (TPSA) is 98.2 Å². The van der Waals surface area contributed by atoms with Gasteiger partial charge in [0, 0.05) is 18.6 Å². The summed E-state index contributed by atoms with van der Waals surface area (Å²) in [7, 11) is -4.02. The van der Waals surface area contributed by atoms with Gasteiger partial charge in [0.05, 0.1) is 18.6 Å². The Morgan fingerprint density at radius 3 is 1.30 bits per heavy atom. The first-order chi connectivity index (χ1) is 9.73. The maximum absolute atomic E-state index is 12.6. The summed E-state index contributed by atoms with van der Waals surface area (Å²) in [6.07, 6.45) is 12.6. The van der Waals surface area contributed by atoms with Gasteiger partial charge in [0.2, 0.25) is 0 Å². The smallest absolute Gasteiger partial charge is 0.289 e. The molecule has 0 fully saturated rings. The lowest BCUT2D eigenvalue weighted by atomic mass is 11.0. The molecule has 3 heterocycles. The van der Waals surface area contributed by atoms with E-state index in [4.69, 9.17) is 13.9 Å². The van der Waals surface area contributed by atoms with Gasteiger partial charge in [0.15, 0.2) is 0 Å². The predicted molar refractivity (Wildman–Crippen MR) is 64.0 cm³/mol. The lowest BCUT2D eigenvalue weighted by molar-refractivity contribution is 0.0883. The molecule has 0 aromatic carbocycles. The Kier molecular flexibility index (Phi) is 3.13. The van der Waals surface area contributed by atoms with Gasteiger partial charge < -0.3 is 0 Å². The summed E-state index contributed by atoms with van der Waals surface area (Å²) >= 11 is 0. The Hall–Kier alpha value is -2.74. The third-order valence-electron chi connectivity index (χ3n) is 2.02. The number of imidazole rings is 3. The van der Waals surface area contributed by atoms with E-state index < -0.39 is 7.82 Å². The van der Waals surface area contributed by atoms with Crippen LogP contribution in [0.3, 0.4) is 0 Å². The summed E-state index contributed by atoms with van der Waals surface area (Å²) in [6, 6.07) is 0. The van der Waals surface area contributed by atoms with E-state index in [1.54, 1.807) is 0 Å². The zero-order valence-corrected chi connectivity index (χ0v) is 10.9. The van der Waals surface area contributed by atoms with Crippen molar-refractivity contribution >= 4 is 7.82 Å². The molecule has 3 aromatic heterocycles. The summed E-state index contributed by atoms with van der Waals surface area (Å²) < 4.78 is 31.4. The van der Waals surface area contributed by atoms with Gasteiger partial charge in [-0.3, -0.25) is 13.9 Å². The minimum Gasteiger partial charge on any atom is -0.289 e. The second-order valence-electron chi connectivity index (χ2n) is 3.46. The SMILES string of the molecule is O=P(On1ccnc1)(On1ccnc1)On1ccnc1.